The van der Waals surface area contributed by atoms with Gasteiger partial charge in [-0.15, -0.1) is 0 Å². The summed E-state index contributed by atoms with van der Waals surface area (Å²) in [4.78, 5) is 25.6. The fraction of sp³-hybridized carbons (Fsp3) is 0.320. The van der Waals surface area contributed by atoms with Crippen LogP contribution in [0.2, 0.25) is 5.02 Å². The molecule has 9 heteroatoms. The lowest BCUT2D eigenvalue weighted by molar-refractivity contribution is -0.144. The first-order chi connectivity index (χ1) is 16.3. The van der Waals surface area contributed by atoms with Gasteiger partial charge in [-0.2, -0.15) is 5.10 Å². The fourth-order valence-electron chi connectivity index (χ4n) is 4.16. The molecule has 1 aromatic heterocycles. The van der Waals surface area contributed by atoms with Crippen LogP contribution in [-0.4, -0.2) is 49.0 Å². The molecule has 1 heterocycles. The van der Waals surface area contributed by atoms with Crippen molar-refractivity contribution in [3.8, 4) is 28.4 Å². The van der Waals surface area contributed by atoms with E-state index in [2.05, 4.69) is 10.4 Å². The van der Waals surface area contributed by atoms with Crippen LogP contribution in [0.25, 0.3) is 16.9 Å². The first-order valence-electron chi connectivity index (χ1n) is 10.8. The second-order valence-electron chi connectivity index (χ2n) is 8.32. The zero-order chi connectivity index (χ0) is 24.6. The van der Waals surface area contributed by atoms with Crippen molar-refractivity contribution in [2.45, 2.75) is 26.3 Å². The molecule has 34 heavy (non-hydrogen) atoms. The average Bonchev–Trinajstić information content (AvgIpc) is 3.38. The lowest BCUT2D eigenvalue weighted by Gasteiger charge is -2.19. The van der Waals surface area contributed by atoms with Crippen molar-refractivity contribution in [2.75, 3.05) is 21.3 Å². The van der Waals surface area contributed by atoms with Gasteiger partial charge in [-0.05, 0) is 47.9 Å². The summed E-state index contributed by atoms with van der Waals surface area (Å²) in [5, 5.41) is 8.06. The highest BCUT2D eigenvalue weighted by Crippen LogP contribution is 2.44. The number of carbonyl (C=O) groups excluding carboxylic acids is 2. The summed E-state index contributed by atoms with van der Waals surface area (Å²) in [6.07, 6.45) is 0.478. The number of benzene rings is 2. The van der Waals surface area contributed by atoms with Crippen LogP contribution in [0.4, 0.5) is 0 Å². The third-order valence-electron chi connectivity index (χ3n) is 5.91. The molecule has 0 saturated carbocycles. The molecule has 1 N–H and O–H groups in total. The van der Waals surface area contributed by atoms with Crippen LogP contribution >= 0.6 is 11.6 Å². The first-order valence-corrected chi connectivity index (χ1v) is 11.2. The predicted molar refractivity (Wildman–Crippen MR) is 128 cm³/mol. The Hall–Kier alpha value is -3.52. The quantitative estimate of drug-likeness (QED) is 0.399. The molecule has 0 spiro atoms. The van der Waals surface area contributed by atoms with Crippen LogP contribution in [0.15, 0.2) is 36.4 Å². The van der Waals surface area contributed by atoms with E-state index >= 15 is 0 Å². The summed E-state index contributed by atoms with van der Waals surface area (Å²) in [6, 6.07) is 10.2. The van der Waals surface area contributed by atoms with Crippen LogP contribution in [-0.2, 0) is 16.0 Å². The second kappa shape index (κ2) is 9.38. The van der Waals surface area contributed by atoms with Gasteiger partial charge in [0.25, 0.3) is 5.91 Å². The Morgan fingerprint density at radius 1 is 1.06 bits per heavy atom. The largest absolute Gasteiger partial charge is 0.493 e. The van der Waals surface area contributed by atoms with Crippen molar-refractivity contribution in [1.29, 1.82) is 0 Å². The number of hydrogen-bond donors (Lipinski definition) is 1. The molecular weight excluding hydrogens is 458 g/mol. The Labute approximate surface area is 202 Å². The average molecular weight is 484 g/mol. The maximum absolute atomic E-state index is 13.4. The Balaban J connectivity index is 1.85. The molecule has 1 aliphatic rings. The van der Waals surface area contributed by atoms with E-state index < -0.39 is 17.9 Å². The van der Waals surface area contributed by atoms with Crippen LogP contribution in [0.5, 0.6) is 11.5 Å². The summed E-state index contributed by atoms with van der Waals surface area (Å²) < 4.78 is 17.6. The van der Waals surface area contributed by atoms with E-state index in [-0.39, 0.29) is 11.6 Å². The third-order valence-corrected chi connectivity index (χ3v) is 6.16. The van der Waals surface area contributed by atoms with E-state index in [0.717, 1.165) is 28.1 Å². The Kier molecular flexibility index (Phi) is 6.52. The number of esters is 1. The molecule has 0 radical (unpaired) electrons. The van der Waals surface area contributed by atoms with E-state index in [0.29, 0.717) is 22.9 Å². The Bertz CT molecular complexity index is 1250. The van der Waals surface area contributed by atoms with Gasteiger partial charge in [-0.3, -0.25) is 4.79 Å². The summed E-state index contributed by atoms with van der Waals surface area (Å²) in [5.74, 6) is 0.0756. The normalized spacial score (nSPS) is 12.7. The molecule has 2 aromatic carbocycles. The SMILES string of the molecule is COC(=O)[C@@H](NC(=O)c1nn(-c2ccc(Cl)cc2)c2c1Cc1cc(OC)c(OC)cc1-2)C(C)C. The summed E-state index contributed by atoms with van der Waals surface area (Å²) in [7, 11) is 4.46. The van der Waals surface area contributed by atoms with Crippen LogP contribution in [0.1, 0.15) is 35.5 Å². The predicted octanol–water partition coefficient (Wildman–Crippen LogP) is 4.04. The summed E-state index contributed by atoms with van der Waals surface area (Å²) in [5.41, 5.74) is 4.40. The molecule has 1 atom stereocenters. The number of rotatable bonds is 7. The zero-order valence-electron chi connectivity index (χ0n) is 19.6. The molecule has 0 saturated heterocycles. The number of hydrogen-bond acceptors (Lipinski definition) is 6. The van der Waals surface area contributed by atoms with Gasteiger partial charge in [0.2, 0.25) is 0 Å². The van der Waals surface area contributed by atoms with Gasteiger partial charge >= 0.3 is 5.97 Å². The molecule has 8 nitrogen and oxygen atoms in total. The molecule has 0 fully saturated rings. The van der Waals surface area contributed by atoms with E-state index in [1.54, 1.807) is 31.0 Å². The van der Waals surface area contributed by atoms with E-state index in [1.165, 1.54) is 7.11 Å². The summed E-state index contributed by atoms with van der Waals surface area (Å²) >= 11 is 6.09. The van der Waals surface area contributed by atoms with Gasteiger partial charge in [0.1, 0.15) is 6.04 Å². The number of fused-ring (bicyclic) bond motifs is 3. The topological polar surface area (TPSA) is 91.7 Å². The number of amides is 1. The molecular formula is C25H26ClN3O5. The first kappa shape index (κ1) is 23.6. The van der Waals surface area contributed by atoms with Gasteiger partial charge in [0, 0.05) is 22.6 Å². The molecule has 0 bridgehead atoms. The highest BCUT2D eigenvalue weighted by Gasteiger charge is 2.34. The third kappa shape index (κ3) is 4.09. The van der Waals surface area contributed by atoms with Crippen LogP contribution in [0.3, 0.4) is 0 Å². The van der Waals surface area contributed by atoms with Crippen molar-refractivity contribution in [1.82, 2.24) is 15.1 Å². The Morgan fingerprint density at radius 3 is 2.29 bits per heavy atom. The maximum atomic E-state index is 13.4. The van der Waals surface area contributed by atoms with Gasteiger partial charge in [0.05, 0.1) is 32.7 Å². The number of methoxy groups -OCH3 is 3. The lowest BCUT2D eigenvalue weighted by Crippen LogP contribution is -2.45. The molecule has 3 aromatic rings. The minimum atomic E-state index is -0.794. The highest BCUT2D eigenvalue weighted by molar-refractivity contribution is 6.30. The Morgan fingerprint density at radius 2 is 1.71 bits per heavy atom. The number of ether oxygens (including phenoxy) is 3. The number of aromatic nitrogens is 2. The molecule has 4 rings (SSSR count). The van der Waals surface area contributed by atoms with E-state index in [4.69, 9.17) is 25.8 Å². The molecule has 178 valence electrons. The maximum Gasteiger partial charge on any atom is 0.328 e. The van der Waals surface area contributed by atoms with Gasteiger partial charge in [-0.1, -0.05) is 25.4 Å². The lowest BCUT2D eigenvalue weighted by atomic mass is 10.0. The van der Waals surface area contributed by atoms with Gasteiger partial charge < -0.3 is 19.5 Å². The van der Waals surface area contributed by atoms with Crippen LogP contribution < -0.4 is 14.8 Å². The standard InChI is InChI=1S/C25H26ClN3O5/c1-13(2)21(25(31)34-5)27-24(30)22-18-10-14-11-19(32-3)20(33-4)12-17(14)23(18)29(28-22)16-8-6-15(26)7-9-16/h6-9,11-13,21H,10H2,1-5H3,(H,27,30)/t21-/m0/s1. The molecule has 1 aliphatic carbocycles. The van der Waals surface area contributed by atoms with Crippen molar-refractivity contribution >= 4 is 23.5 Å². The van der Waals surface area contributed by atoms with Crippen molar-refractivity contribution in [3.63, 3.8) is 0 Å². The smallest absolute Gasteiger partial charge is 0.328 e. The monoisotopic (exact) mass is 483 g/mol. The number of halogens is 1. The molecule has 0 unspecified atom stereocenters. The number of nitrogens with one attached hydrogen (secondary N) is 1. The fourth-order valence-corrected chi connectivity index (χ4v) is 4.28. The molecule has 1 amide bonds. The second-order valence-corrected chi connectivity index (χ2v) is 8.76. The van der Waals surface area contributed by atoms with E-state index in [1.807, 2.05) is 38.1 Å². The van der Waals surface area contributed by atoms with Gasteiger partial charge in [-0.25, -0.2) is 9.48 Å². The summed E-state index contributed by atoms with van der Waals surface area (Å²) in [6.45, 7) is 3.68. The minimum Gasteiger partial charge on any atom is -0.493 e. The minimum absolute atomic E-state index is 0.159. The van der Waals surface area contributed by atoms with Crippen LogP contribution in [0, 0.1) is 5.92 Å². The van der Waals surface area contributed by atoms with E-state index in [9.17, 15) is 9.59 Å². The zero-order valence-corrected chi connectivity index (χ0v) is 20.4. The van der Waals surface area contributed by atoms with Crippen molar-refractivity contribution < 1.29 is 23.8 Å². The molecule has 0 aliphatic heterocycles. The van der Waals surface area contributed by atoms with Crippen molar-refractivity contribution in [2.24, 2.45) is 5.92 Å². The van der Waals surface area contributed by atoms with Gasteiger partial charge in [0.15, 0.2) is 17.2 Å². The number of nitrogens with zero attached hydrogens (tertiary/aromatic N) is 2. The highest BCUT2D eigenvalue weighted by atomic mass is 35.5. The van der Waals surface area contributed by atoms with Crippen molar-refractivity contribution in [3.05, 3.63) is 58.2 Å². The number of carbonyl (C=O) groups is 2.